The van der Waals surface area contributed by atoms with Crippen LogP contribution in [0.25, 0.3) is 0 Å². The van der Waals surface area contributed by atoms with Crippen molar-refractivity contribution in [1.29, 1.82) is 0 Å². The van der Waals surface area contributed by atoms with Gasteiger partial charge < -0.3 is 5.32 Å². The van der Waals surface area contributed by atoms with E-state index in [9.17, 15) is 4.79 Å². The van der Waals surface area contributed by atoms with Crippen LogP contribution in [0.15, 0.2) is 30.3 Å². The lowest BCUT2D eigenvalue weighted by Crippen LogP contribution is -2.44. The Morgan fingerprint density at radius 2 is 1.94 bits per heavy atom. The molecule has 1 aromatic rings. The molecular weight excluding hydrogens is 224 g/mol. The van der Waals surface area contributed by atoms with Gasteiger partial charge in [-0.15, -0.1) is 0 Å². The van der Waals surface area contributed by atoms with Gasteiger partial charge in [-0.3, -0.25) is 9.69 Å². The highest BCUT2D eigenvalue weighted by molar-refractivity contribution is 5.75. The monoisotopic (exact) mass is 246 g/mol. The Morgan fingerprint density at radius 3 is 2.56 bits per heavy atom. The molecule has 0 unspecified atom stereocenters. The van der Waals surface area contributed by atoms with Gasteiger partial charge in [-0.1, -0.05) is 37.3 Å². The Hall–Kier alpha value is -1.35. The summed E-state index contributed by atoms with van der Waals surface area (Å²) in [7, 11) is 0. The lowest BCUT2D eigenvalue weighted by atomic mass is 10.0. The van der Waals surface area contributed by atoms with Gasteiger partial charge in [0.2, 0.25) is 5.91 Å². The summed E-state index contributed by atoms with van der Waals surface area (Å²) >= 11 is 0. The van der Waals surface area contributed by atoms with E-state index in [0.717, 1.165) is 32.5 Å². The van der Waals surface area contributed by atoms with E-state index in [-0.39, 0.29) is 5.91 Å². The minimum atomic E-state index is 0.177. The average Bonchev–Trinajstić information content (AvgIpc) is 2.42. The SMILES string of the molecule is CCC(=O)NC1CCN(Cc2ccccc2)CC1. The number of amides is 1. The van der Waals surface area contributed by atoms with E-state index < -0.39 is 0 Å². The zero-order valence-electron chi connectivity index (χ0n) is 11.1. The largest absolute Gasteiger partial charge is 0.353 e. The van der Waals surface area contributed by atoms with Crippen LogP contribution in [0, 0.1) is 0 Å². The highest BCUT2D eigenvalue weighted by Crippen LogP contribution is 2.13. The molecule has 2 rings (SSSR count). The molecule has 0 saturated carbocycles. The first-order chi connectivity index (χ1) is 8.78. The van der Waals surface area contributed by atoms with Gasteiger partial charge in [0.15, 0.2) is 0 Å². The molecule has 0 radical (unpaired) electrons. The summed E-state index contributed by atoms with van der Waals surface area (Å²) in [6, 6.07) is 10.9. The molecule has 1 aliphatic heterocycles. The van der Waals surface area contributed by atoms with Crippen molar-refractivity contribution in [1.82, 2.24) is 10.2 Å². The molecule has 1 saturated heterocycles. The number of likely N-dealkylation sites (tertiary alicyclic amines) is 1. The van der Waals surface area contributed by atoms with Gasteiger partial charge >= 0.3 is 0 Å². The quantitative estimate of drug-likeness (QED) is 0.883. The minimum absolute atomic E-state index is 0.177. The fraction of sp³-hybridized carbons (Fsp3) is 0.533. The number of carbonyl (C=O) groups is 1. The van der Waals surface area contributed by atoms with E-state index in [1.807, 2.05) is 6.92 Å². The Balaban J connectivity index is 1.75. The molecule has 0 aliphatic carbocycles. The van der Waals surface area contributed by atoms with Crippen molar-refractivity contribution < 1.29 is 4.79 Å². The van der Waals surface area contributed by atoms with Crippen molar-refractivity contribution in [2.75, 3.05) is 13.1 Å². The van der Waals surface area contributed by atoms with E-state index in [0.29, 0.717) is 12.5 Å². The molecule has 3 heteroatoms. The zero-order valence-corrected chi connectivity index (χ0v) is 11.1. The van der Waals surface area contributed by atoms with Crippen LogP contribution >= 0.6 is 0 Å². The number of carbonyl (C=O) groups excluding carboxylic acids is 1. The predicted molar refractivity (Wildman–Crippen MR) is 73.2 cm³/mol. The molecule has 0 aromatic heterocycles. The first-order valence-corrected chi connectivity index (χ1v) is 6.83. The van der Waals surface area contributed by atoms with Crippen LogP contribution in [0.5, 0.6) is 0 Å². The Kier molecular flexibility index (Phi) is 4.76. The molecule has 1 aliphatic rings. The maximum atomic E-state index is 11.3. The highest BCUT2D eigenvalue weighted by atomic mass is 16.1. The second-order valence-corrected chi connectivity index (χ2v) is 4.96. The van der Waals surface area contributed by atoms with Gasteiger partial charge in [0, 0.05) is 32.1 Å². The van der Waals surface area contributed by atoms with Crippen LogP contribution < -0.4 is 5.32 Å². The smallest absolute Gasteiger partial charge is 0.219 e. The molecular formula is C15H22N2O. The second-order valence-electron chi connectivity index (χ2n) is 4.96. The molecule has 98 valence electrons. The zero-order chi connectivity index (χ0) is 12.8. The fourth-order valence-electron chi connectivity index (χ4n) is 2.41. The van der Waals surface area contributed by atoms with Crippen molar-refractivity contribution >= 4 is 5.91 Å². The summed E-state index contributed by atoms with van der Waals surface area (Å²) in [5.74, 6) is 0.177. The summed E-state index contributed by atoms with van der Waals surface area (Å²) in [5.41, 5.74) is 1.37. The lowest BCUT2D eigenvalue weighted by Gasteiger charge is -2.32. The number of nitrogens with zero attached hydrogens (tertiary/aromatic N) is 1. The molecule has 1 heterocycles. The third kappa shape index (κ3) is 3.84. The first-order valence-electron chi connectivity index (χ1n) is 6.83. The van der Waals surface area contributed by atoms with Crippen LogP contribution in [-0.2, 0) is 11.3 Å². The van der Waals surface area contributed by atoms with Crippen molar-refractivity contribution in [2.24, 2.45) is 0 Å². The van der Waals surface area contributed by atoms with Crippen LogP contribution in [0.3, 0.4) is 0 Å². The number of piperidine rings is 1. The van der Waals surface area contributed by atoms with Crippen LogP contribution in [0.4, 0.5) is 0 Å². The number of nitrogens with one attached hydrogen (secondary N) is 1. The fourth-order valence-corrected chi connectivity index (χ4v) is 2.41. The molecule has 0 atom stereocenters. The van der Waals surface area contributed by atoms with Gasteiger partial charge in [-0.25, -0.2) is 0 Å². The van der Waals surface area contributed by atoms with Gasteiger partial charge in [0.05, 0.1) is 0 Å². The molecule has 0 spiro atoms. The molecule has 1 amide bonds. The average molecular weight is 246 g/mol. The summed E-state index contributed by atoms with van der Waals surface area (Å²) in [6.45, 7) is 5.07. The van der Waals surface area contributed by atoms with Crippen molar-refractivity contribution in [3.8, 4) is 0 Å². The predicted octanol–water partition coefficient (Wildman–Crippen LogP) is 2.18. The van der Waals surface area contributed by atoms with Gasteiger partial charge in [0.25, 0.3) is 0 Å². The Morgan fingerprint density at radius 1 is 1.28 bits per heavy atom. The van der Waals surface area contributed by atoms with Crippen molar-refractivity contribution in [3.63, 3.8) is 0 Å². The summed E-state index contributed by atoms with van der Waals surface area (Å²) in [4.78, 5) is 13.8. The summed E-state index contributed by atoms with van der Waals surface area (Å²) < 4.78 is 0. The van der Waals surface area contributed by atoms with E-state index in [4.69, 9.17) is 0 Å². The molecule has 3 nitrogen and oxygen atoms in total. The van der Waals surface area contributed by atoms with Crippen molar-refractivity contribution in [3.05, 3.63) is 35.9 Å². The first kappa shape index (κ1) is 13.1. The number of benzene rings is 1. The molecule has 1 fully saturated rings. The van der Waals surface area contributed by atoms with E-state index in [1.54, 1.807) is 0 Å². The van der Waals surface area contributed by atoms with E-state index in [1.165, 1.54) is 5.56 Å². The van der Waals surface area contributed by atoms with E-state index in [2.05, 4.69) is 40.5 Å². The van der Waals surface area contributed by atoms with Gasteiger partial charge in [0.1, 0.15) is 0 Å². The highest BCUT2D eigenvalue weighted by Gasteiger charge is 2.19. The molecule has 0 bridgehead atoms. The second kappa shape index (κ2) is 6.55. The number of hydrogen-bond acceptors (Lipinski definition) is 2. The molecule has 1 aromatic carbocycles. The Labute approximate surface area is 109 Å². The van der Waals surface area contributed by atoms with Crippen LogP contribution in [0.2, 0.25) is 0 Å². The minimum Gasteiger partial charge on any atom is -0.353 e. The summed E-state index contributed by atoms with van der Waals surface area (Å²) in [5, 5.41) is 3.09. The third-order valence-electron chi connectivity index (χ3n) is 3.52. The lowest BCUT2D eigenvalue weighted by molar-refractivity contribution is -0.121. The number of hydrogen-bond donors (Lipinski definition) is 1. The normalized spacial score (nSPS) is 17.6. The standard InChI is InChI=1S/C15H22N2O/c1-2-15(18)16-14-8-10-17(11-9-14)12-13-6-4-3-5-7-13/h3-7,14H,2,8-12H2,1H3,(H,16,18). The number of rotatable bonds is 4. The maximum Gasteiger partial charge on any atom is 0.219 e. The molecule has 18 heavy (non-hydrogen) atoms. The topological polar surface area (TPSA) is 32.3 Å². The van der Waals surface area contributed by atoms with Crippen LogP contribution in [-0.4, -0.2) is 29.9 Å². The summed E-state index contributed by atoms with van der Waals surface area (Å²) in [6.07, 6.45) is 2.72. The van der Waals surface area contributed by atoms with Crippen LogP contribution in [0.1, 0.15) is 31.7 Å². The van der Waals surface area contributed by atoms with Gasteiger partial charge in [-0.2, -0.15) is 0 Å². The van der Waals surface area contributed by atoms with E-state index >= 15 is 0 Å². The maximum absolute atomic E-state index is 11.3. The third-order valence-corrected chi connectivity index (χ3v) is 3.52. The Bertz CT molecular complexity index is 369. The molecule has 1 N–H and O–H groups in total. The van der Waals surface area contributed by atoms with Crippen molar-refractivity contribution in [2.45, 2.75) is 38.8 Å². The van der Waals surface area contributed by atoms with Gasteiger partial charge in [-0.05, 0) is 18.4 Å².